The molecule has 1 N–H and O–H groups in total. The molecule has 0 amide bonds. The number of halogens is 2. The van der Waals surface area contributed by atoms with Crippen molar-refractivity contribution in [3.63, 3.8) is 0 Å². The summed E-state index contributed by atoms with van der Waals surface area (Å²) in [5.41, 5.74) is 2.16. The van der Waals surface area contributed by atoms with Crippen LogP contribution in [0.5, 0.6) is 17.2 Å². The summed E-state index contributed by atoms with van der Waals surface area (Å²) in [4.78, 5) is 11.2. The number of anilines is 2. The Balaban J connectivity index is 1.27. The molecule has 0 aliphatic carbocycles. The van der Waals surface area contributed by atoms with Crippen LogP contribution < -0.4 is 19.5 Å². The molecular weight excluding hydrogens is 523 g/mol. The summed E-state index contributed by atoms with van der Waals surface area (Å²) in [6.07, 6.45) is 2.38. The van der Waals surface area contributed by atoms with Crippen molar-refractivity contribution in [2.75, 3.05) is 51.9 Å². The van der Waals surface area contributed by atoms with Crippen molar-refractivity contribution >= 4 is 34.0 Å². The second kappa shape index (κ2) is 12.9. The van der Waals surface area contributed by atoms with Gasteiger partial charge in [0.05, 0.1) is 37.5 Å². The van der Waals surface area contributed by atoms with E-state index in [1.807, 2.05) is 18.2 Å². The van der Waals surface area contributed by atoms with Crippen LogP contribution in [0, 0.1) is 5.82 Å². The number of hydrogen-bond acceptors (Lipinski definition) is 8. The zero-order chi connectivity index (χ0) is 27.0. The molecule has 5 rings (SSSR count). The van der Waals surface area contributed by atoms with Gasteiger partial charge >= 0.3 is 0 Å². The van der Waals surface area contributed by atoms with E-state index in [9.17, 15) is 4.39 Å². The van der Waals surface area contributed by atoms with Crippen LogP contribution in [0.25, 0.3) is 10.9 Å². The molecule has 0 bridgehead atoms. The molecule has 10 heteroatoms. The maximum Gasteiger partial charge on any atom is 0.162 e. The number of fused-ring (bicyclic) bond motifs is 1. The highest BCUT2D eigenvalue weighted by atomic mass is 35.5. The van der Waals surface area contributed by atoms with Crippen molar-refractivity contribution in [2.24, 2.45) is 0 Å². The van der Waals surface area contributed by atoms with Crippen molar-refractivity contribution < 1.29 is 23.3 Å². The van der Waals surface area contributed by atoms with Gasteiger partial charge in [0.15, 0.2) is 11.5 Å². The number of morpholine rings is 1. The number of ether oxygens (including phenoxy) is 4. The van der Waals surface area contributed by atoms with Gasteiger partial charge < -0.3 is 24.3 Å². The third-order valence-electron chi connectivity index (χ3n) is 6.38. The minimum absolute atomic E-state index is 0.206. The average Bonchev–Trinajstić information content (AvgIpc) is 2.95. The van der Waals surface area contributed by atoms with Crippen molar-refractivity contribution in [3.05, 3.63) is 77.3 Å². The second-order valence-corrected chi connectivity index (χ2v) is 9.49. The number of rotatable bonds is 11. The Labute approximate surface area is 231 Å². The third-order valence-corrected chi connectivity index (χ3v) is 6.67. The number of methoxy groups -OCH3 is 1. The van der Waals surface area contributed by atoms with Crippen LogP contribution in [-0.2, 0) is 11.3 Å². The van der Waals surface area contributed by atoms with Gasteiger partial charge in [-0.15, -0.1) is 0 Å². The van der Waals surface area contributed by atoms with Crippen molar-refractivity contribution in [2.45, 2.75) is 13.0 Å². The summed E-state index contributed by atoms with van der Waals surface area (Å²) in [5, 5.41) is 4.51. The zero-order valence-electron chi connectivity index (χ0n) is 21.7. The molecule has 0 saturated carbocycles. The number of hydrogen-bond donors (Lipinski definition) is 1. The van der Waals surface area contributed by atoms with E-state index in [1.165, 1.54) is 18.5 Å². The zero-order valence-corrected chi connectivity index (χ0v) is 22.4. The van der Waals surface area contributed by atoms with Crippen LogP contribution in [0.4, 0.5) is 15.9 Å². The highest BCUT2D eigenvalue weighted by Gasteiger charge is 2.14. The molecular formula is C29H30ClFN4O4. The molecule has 3 aromatic carbocycles. The lowest BCUT2D eigenvalue weighted by Crippen LogP contribution is -2.37. The molecule has 1 saturated heterocycles. The minimum atomic E-state index is -0.307. The smallest absolute Gasteiger partial charge is 0.162 e. The molecule has 0 spiro atoms. The van der Waals surface area contributed by atoms with Crippen LogP contribution in [0.2, 0.25) is 5.02 Å². The van der Waals surface area contributed by atoms with Gasteiger partial charge in [0.1, 0.15) is 30.3 Å². The summed E-state index contributed by atoms with van der Waals surface area (Å²) >= 11 is 6.48. The van der Waals surface area contributed by atoms with Crippen LogP contribution in [0.3, 0.4) is 0 Å². The monoisotopic (exact) mass is 552 g/mol. The molecule has 1 aromatic heterocycles. The Morgan fingerprint density at radius 1 is 1.00 bits per heavy atom. The lowest BCUT2D eigenvalue weighted by Gasteiger charge is -2.26. The van der Waals surface area contributed by atoms with Crippen molar-refractivity contribution in [3.8, 4) is 17.2 Å². The SMILES string of the molecule is COc1cc2ncnc(Nc3ccc(OCc4cccc(F)c4)c(Cl)c3)c2cc1OCCCN1CCOCC1. The minimum Gasteiger partial charge on any atom is -0.493 e. The summed E-state index contributed by atoms with van der Waals surface area (Å²) in [7, 11) is 1.61. The van der Waals surface area contributed by atoms with E-state index < -0.39 is 0 Å². The molecule has 0 atom stereocenters. The van der Waals surface area contributed by atoms with Crippen LogP contribution in [-0.4, -0.2) is 61.4 Å². The van der Waals surface area contributed by atoms with E-state index in [0.29, 0.717) is 40.2 Å². The number of nitrogens with one attached hydrogen (secondary N) is 1. The maximum absolute atomic E-state index is 13.4. The fourth-order valence-corrected chi connectivity index (χ4v) is 4.59. The molecule has 0 unspecified atom stereocenters. The predicted octanol–water partition coefficient (Wildman–Crippen LogP) is 5.85. The first kappa shape index (κ1) is 26.9. The molecule has 1 aliphatic heterocycles. The Morgan fingerprint density at radius 2 is 1.87 bits per heavy atom. The Kier molecular flexibility index (Phi) is 8.93. The van der Waals surface area contributed by atoms with E-state index in [-0.39, 0.29) is 12.4 Å². The van der Waals surface area contributed by atoms with Crippen molar-refractivity contribution in [1.82, 2.24) is 14.9 Å². The van der Waals surface area contributed by atoms with Gasteiger partial charge in [-0.2, -0.15) is 0 Å². The summed E-state index contributed by atoms with van der Waals surface area (Å²) < 4.78 is 36.3. The molecule has 1 aliphatic rings. The quantitative estimate of drug-likeness (QED) is 0.232. The topological polar surface area (TPSA) is 78.0 Å². The summed E-state index contributed by atoms with van der Waals surface area (Å²) in [6.45, 7) is 5.19. The van der Waals surface area contributed by atoms with Gasteiger partial charge in [-0.25, -0.2) is 14.4 Å². The fraction of sp³-hybridized carbons (Fsp3) is 0.310. The fourth-order valence-electron chi connectivity index (χ4n) is 4.35. The molecule has 204 valence electrons. The molecule has 8 nitrogen and oxygen atoms in total. The van der Waals surface area contributed by atoms with E-state index >= 15 is 0 Å². The normalized spacial score (nSPS) is 13.8. The van der Waals surface area contributed by atoms with E-state index in [4.69, 9.17) is 30.5 Å². The van der Waals surface area contributed by atoms with E-state index in [0.717, 1.165) is 55.9 Å². The molecule has 2 heterocycles. The van der Waals surface area contributed by atoms with Crippen LogP contribution in [0.15, 0.2) is 60.9 Å². The molecule has 4 aromatic rings. The standard InChI is InChI=1S/C29H30ClFN4O4/c1-36-27-17-25-23(16-28(27)38-11-3-8-35-9-12-37-13-10-35)29(33-19-32-25)34-22-6-7-26(24(30)15-22)39-18-20-4-2-5-21(31)14-20/h2,4-7,14-17,19H,3,8-13,18H2,1H3,(H,32,33,34). The first-order chi connectivity index (χ1) is 19.1. The van der Waals surface area contributed by atoms with Gasteiger partial charge in [0, 0.05) is 36.8 Å². The summed E-state index contributed by atoms with van der Waals surface area (Å²) in [6, 6.07) is 15.4. The Hall–Kier alpha value is -3.66. The number of aromatic nitrogens is 2. The van der Waals surface area contributed by atoms with Gasteiger partial charge in [0.25, 0.3) is 0 Å². The Morgan fingerprint density at radius 3 is 2.67 bits per heavy atom. The van der Waals surface area contributed by atoms with E-state index in [2.05, 4.69) is 20.2 Å². The first-order valence-corrected chi connectivity index (χ1v) is 13.2. The highest BCUT2D eigenvalue weighted by molar-refractivity contribution is 6.32. The largest absolute Gasteiger partial charge is 0.493 e. The lowest BCUT2D eigenvalue weighted by molar-refractivity contribution is 0.0357. The Bertz CT molecular complexity index is 1420. The lowest BCUT2D eigenvalue weighted by atomic mass is 10.2. The molecule has 39 heavy (non-hydrogen) atoms. The van der Waals surface area contributed by atoms with Crippen molar-refractivity contribution in [1.29, 1.82) is 0 Å². The van der Waals surface area contributed by atoms with Gasteiger partial charge in [0.2, 0.25) is 0 Å². The average molecular weight is 553 g/mol. The predicted molar refractivity (Wildman–Crippen MR) is 149 cm³/mol. The first-order valence-electron chi connectivity index (χ1n) is 12.8. The summed E-state index contributed by atoms with van der Waals surface area (Å²) in [5.74, 6) is 2.03. The third kappa shape index (κ3) is 7.06. The van der Waals surface area contributed by atoms with Crippen LogP contribution >= 0.6 is 11.6 Å². The number of benzene rings is 3. The van der Waals surface area contributed by atoms with Gasteiger partial charge in [-0.1, -0.05) is 23.7 Å². The number of nitrogens with zero attached hydrogens (tertiary/aromatic N) is 3. The van der Waals surface area contributed by atoms with E-state index in [1.54, 1.807) is 31.4 Å². The van der Waals surface area contributed by atoms with Gasteiger partial charge in [-0.05, 0) is 48.4 Å². The maximum atomic E-state index is 13.4. The molecule has 1 fully saturated rings. The van der Waals surface area contributed by atoms with Crippen LogP contribution in [0.1, 0.15) is 12.0 Å². The molecule has 0 radical (unpaired) electrons. The highest BCUT2D eigenvalue weighted by Crippen LogP contribution is 2.36. The second-order valence-electron chi connectivity index (χ2n) is 9.09. The van der Waals surface area contributed by atoms with Gasteiger partial charge in [-0.3, -0.25) is 4.90 Å².